The van der Waals surface area contributed by atoms with E-state index in [2.05, 4.69) is 11.4 Å². The number of hydrogen-bond acceptors (Lipinski definition) is 2. The molecule has 1 aromatic rings. The second-order valence-corrected chi connectivity index (χ2v) is 7.70. The van der Waals surface area contributed by atoms with Crippen molar-refractivity contribution in [3.05, 3.63) is 21.3 Å². The third-order valence-corrected chi connectivity index (χ3v) is 5.96. The first-order valence-electron chi connectivity index (χ1n) is 7.29. The number of rotatable bonds is 3. The van der Waals surface area contributed by atoms with Gasteiger partial charge in [0, 0.05) is 17.5 Å². The van der Waals surface area contributed by atoms with E-state index in [4.69, 9.17) is 11.6 Å². The first-order chi connectivity index (χ1) is 8.81. The molecule has 2 saturated carbocycles. The van der Waals surface area contributed by atoms with Crippen LogP contribution in [-0.4, -0.2) is 6.04 Å². The lowest BCUT2D eigenvalue weighted by Crippen LogP contribution is -2.38. The Balaban J connectivity index is 1.49. The molecular formula is C15H22ClNS. The van der Waals surface area contributed by atoms with Gasteiger partial charge in [-0.2, -0.15) is 0 Å². The lowest BCUT2D eigenvalue weighted by molar-refractivity contribution is 0.143. The summed E-state index contributed by atoms with van der Waals surface area (Å²) >= 11 is 7.67. The average molecular weight is 284 g/mol. The Morgan fingerprint density at radius 1 is 1.11 bits per heavy atom. The lowest BCUT2D eigenvalue weighted by Gasteiger charge is -2.39. The van der Waals surface area contributed by atoms with Gasteiger partial charge in [0.15, 0.2) is 0 Å². The van der Waals surface area contributed by atoms with E-state index < -0.39 is 0 Å². The van der Waals surface area contributed by atoms with E-state index >= 15 is 0 Å². The summed E-state index contributed by atoms with van der Waals surface area (Å²) in [4.78, 5) is 1.37. The fourth-order valence-corrected chi connectivity index (χ4v) is 4.79. The van der Waals surface area contributed by atoms with E-state index in [9.17, 15) is 0 Å². The standard InChI is InChI=1S/C15H22ClNS/c16-15-8-7-14(18-15)10-17-13-6-5-11-3-1-2-4-12(11)9-13/h7-8,11-13,17H,1-6,9-10H2. The van der Waals surface area contributed by atoms with Crippen LogP contribution >= 0.6 is 22.9 Å². The molecule has 1 nitrogen and oxygen atoms in total. The van der Waals surface area contributed by atoms with Crippen LogP contribution in [0.2, 0.25) is 4.34 Å². The Hall–Kier alpha value is -0.0500. The van der Waals surface area contributed by atoms with Crippen LogP contribution < -0.4 is 5.32 Å². The summed E-state index contributed by atoms with van der Waals surface area (Å²) in [7, 11) is 0. The van der Waals surface area contributed by atoms with Crippen LogP contribution in [0.25, 0.3) is 0 Å². The van der Waals surface area contributed by atoms with E-state index in [1.807, 2.05) is 6.07 Å². The molecule has 1 heterocycles. The topological polar surface area (TPSA) is 12.0 Å². The molecule has 100 valence electrons. The maximum absolute atomic E-state index is 5.96. The van der Waals surface area contributed by atoms with E-state index in [0.29, 0.717) is 0 Å². The molecule has 0 aromatic carbocycles. The molecule has 3 heteroatoms. The molecular weight excluding hydrogens is 262 g/mol. The first kappa shape index (κ1) is 13.0. The van der Waals surface area contributed by atoms with Crippen molar-refractivity contribution in [2.75, 3.05) is 0 Å². The summed E-state index contributed by atoms with van der Waals surface area (Å²) in [6.07, 6.45) is 10.2. The molecule has 2 aliphatic carbocycles. The summed E-state index contributed by atoms with van der Waals surface area (Å²) in [6.45, 7) is 0.999. The van der Waals surface area contributed by atoms with Crippen molar-refractivity contribution in [1.82, 2.24) is 5.32 Å². The minimum Gasteiger partial charge on any atom is -0.309 e. The maximum Gasteiger partial charge on any atom is 0.0931 e. The van der Waals surface area contributed by atoms with Crippen molar-refractivity contribution in [1.29, 1.82) is 0 Å². The molecule has 1 N–H and O–H groups in total. The second kappa shape index (κ2) is 5.94. The molecule has 0 spiro atoms. The van der Waals surface area contributed by atoms with Crippen LogP contribution in [0.5, 0.6) is 0 Å². The highest BCUT2D eigenvalue weighted by atomic mass is 35.5. The van der Waals surface area contributed by atoms with Crippen molar-refractivity contribution >= 4 is 22.9 Å². The minimum absolute atomic E-state index is 0.741. The van der Waals surface area contributed by atoms with Gasteiger partial charge in [0.05, 0.1) is 4.34 Å². The number of halogens is 1. The highest BCUT2D eigenvalue weighted by Gasteiger charge is 2.31. The van der Waals surface area contributed by atoms with E-state index in [-0.39, 0.29) is 0 Å². The Labute approximate surface area is 119 Å². The quantitative estimate of drug-likeness (QED) is 0.836. The molecule has 0 saturated heterocycles. The van der Waals surface area contributed by atoms with Crippen LogP contribution in [0, 0.1) is 11.8 Å². The number of nitrogens with one attached hydrogen (secondary N) is 1. The predicted molar refractivity (Wildman–Crippen MR) is 79.3 cm³/mol. The van der Waals surface area contributed by atoms with Crippen molar-refractivity contribution < 1.29 is 0 Å². The van der Waals surface area contributed by atoms with Crippen LogP contribution in [0.1, 0.15) is 49.8 Å². The fourth-order valence-electron chi connectivity index (χ4n) is 3.75. The molecule has 2 fully saturated rings. The highest BCUT2D eigenvalue weighted by Crippen LogP contribution is 2.40. The van der Waals surface area contributed by atoms with Crippen LogP contribution in [0.4, 0.5) is 0 Å². The molecule has 2 aliphatic rings. The molecule has 3 atom stereocenters. The predicted octanol–water partition coefficient (Wildman–Crippen LogP) is 4.85. The molecule has 0 bridgehead atoms. The van der Waals surface area contributed by atoms with Gasteiger partial charge in [-0.05, 0) is 43.2 Å². The average Bonchev–Trinajstić information content (AvgIpc) is 2.82. The third-order valence-electron chi connectivity index (χ3n) is 4.73. The van der Waals surface area contributed by atoms with E-state index in [0.717, 1.165) is 28.8 Å². The van der Waals surface area contributed by atoms with Gasteiger partial charge in [-0.15, -0.1) is 11.3 Å². The Bertz CT molecular complexity index is 390. The van der Waals surface area contributed by atoms with Gasteiger partial charge >= 0.3 is 0 Å². The Kier molecular flexibility index (Phi) is 4.27. The van der Waals surface area contributed by atoms with Gasteiger partial charge < -0.3 is 5.32 Å². The summed E-state index contributed by atoms with van der Waals surface area (Å²) in [6, 6.07) is 4.89. The third kappa shape index (κ3) is 3.09. The zero-order valence-electron chi connectivity index (χ0n) is 10.8. The lowest BCUT2D eigenvalue weighted by atomic mass is 9.69. The largest absolute Gasteiger partial charge is 0.309 e. The monoisotopic (exact) mass is 283 g/mol. The highest BCUT2D eigenvalue weighted by molar-refractivity contribution is 7.16. The number of fused-ring (bicyclic) bond motifs is 1. The summed E-state index contributed by atoms with van der Waals surface area (Å²) in [5.41, 5.74) is 0. The van der Waals surface area contributed by atoms with E-state index in [1.54, 1.807) is 11.3 Å². The van der Waals surface area contributed by atoms with Crippen LogP contribution in [0.3, 0.4) is 0 Å². The fraction of sp³-hybridized carbons (Fsp3) is 0.733. The van der Waals surface area contributed by atoms with Gasteiger partial charge in [0.2, 0.25) is 0 Å². The Morgan fingerprint density at radius 2 is 1.94 bits per heavy atom. The zero-order chi connectivity index (χ0) is 12.4. The van der Waals surface area contributed by atoms with Crippen LogP contribution in [0.15, 0.2) is 12.1 Å². The van der Waals surface area contributed by atoms with E-state index in [1.165, 1.54) is 49.8 Å². The van der Waals surface area contributed by atoms with Gasteiger partial charge in [-0.1, -0.05) is 37.3 Å². The minimum atomic E-state index is 0.741. The van der Waals surface area contributed by atoms with Gasteiger partial charge in [0.1, 0.15) is 0 Å². The molecule has 3 rings (SSSR count). The summed E-state index contributed by atoms with van der Waals surface area (Å²) in [5.74, 6) is 2.06. The zero-order valence-corrected chi connectivity index (χ0v) is 12.4. The maximum atomic E-state index is 5.96. The summed E-state index contributed by atoms with van der Waals surface area (Å²) in [5, 5.41) is 3.74. The van der Waals surface area contributed by atoms with Gasteiger partial charge in [0.25, 0.3) is 0 Å². The van der Waals surface area contributed by atoms with Gasteiger partial charge in [-0.25, -0.2) is 0 Å². The van der Waals surface area contributed by atoms with Crippen molar-refractivity contribution in [3.63, 3.8) is 0 Å². The molecule has 3 unspecified atom stereocenters. The molecule has 0 aliphatic heterocycles. The van der Waals surface area contributed by atoms with Gasteiger partial charge in [-0.3, -0.25) is 0 Å². The first-order valence-corrected chi connectivity index (χ1v) is 8.48. The Morgan fingerprint density at radius 3 is 2.72 bits per heavy atom. The normalized spacial score (nSPS) is 32.2. The summed E-state index contributed by atoms with van der Waals surface area (Å²) < 4.78 is 0.905. The van der Waals surface area contributed by atoms with Crippen LogP contribution in [-0.2, 0) is 6.54 Å². The second-order valence-electron chi connectivity index (χ2n) is 5.90. The molecule has 18 heavy (non-hydrogen) atoms. The molecule has 1 aromatic heterocycles. The molecule has 0 amide bonds. The number of thiophene rings is 1. The smallest absolute Gasteiger partial charge is 0.0931 e. The van der Waals surface area contributed by atoms with Crippen molar-refractivity contribution in [2.45, 2.75) is 57.5 Å². The molecule has 0 radical (unpaired) electrons. The van der Waals surface area contributed by atoms with Crippen molar-refractivity contribution in [3.8, 4) is 0 Å². The SMILES string of the molecule is Clc1ccc(CNC2CCC3CCCCC3C2)s1. The number of hydrogen-bond donors (Lipinski definition) is 1. The van der Waals surface area contributed by atoms with Crippen molar-refractivity contribution in [2.24, 2.45) is 11.8 Å².